The number of oxazole rings is 1. The highest BCUT2D eigenvalue weighted by Crippen LogP contribution is 2.37. The number of nitrogens with zero attached hydrogens (tertiary/aromatic N) is 4. The summed E-state index contributed by atoms with van der Waals surface area (Å²) >= 11 is 0. The summed E-state index contributed by atoms with van der Waals surface area (Å²) in [6.07, 6.45) is -2.39. The zero-order valence-corrected chi connectivity index (χ0v) is 20.3. The number of pyridine rings is 1. The minimum atomic E-state index is -4.86. The largest absolute Gasteiger partial charge is 0.452 e. The number of ketones is 1. The lowest BCUT2D eigenvalue weighted by Crippen LogP contribution is -2.42. The first kappa shape index (κ1) is 25.2. The SMILES string of the molecule is N#CC1(c2ccccc2)CCN(c2ccc(CC(=O)c3nc(-c4ccccc4)oc3C(F)(F)F)cn2)CC1. The van der Waals surface area contributed by atoms with Gasteiger partial charge in [-0.3, -0.25) is 4.79 Å². The molecule has 1 aliphatic rings. The zero-order chi connectivity index (χ0) is 26.8. The summed E-state index contributed by atoms with van der Waals surface area (Å²) in [6, 6.07) is 23.8. The molecule has 0 unspecified atom stereocenters. The lowest BCUT2D eigenvalue weighted by atomic mass is 9.74. The molecule has 2 aromatic heterocycles. The van der Waals surface area contributed by atoms with Crippen LogP contribution in [0.25, 0.3) is 11.5 Å². The highest BCUT2D eigenvalue weighted by molar-refractivity contribution is 5.97. The van der Waals surface area contributed by atoms with E-state index in [0.29, 0.717) is 42.9 Å². The van der Waals surface area contributed by atoms with E-state index in [2.05, 4.69) is 20.9 Å². The fourth-order valence-electron chi connectivity index (χ4n) is 4.72. The average molecular weight is 517 g/mol. The van der Waals surface area contributed by atoms with Gasteiger partial charge in [-0.1, -0.05) is 54.6 Å². The van der Waals surface area contributed by atoms with Crippen molar-refractivity contribution in [2.24, 2.45) is 0 Å². The molecule has 38 heavy (non-hydrogen) atoms. The number of Topliss-reactive ketones (excluding diaryl/α,β-unsaturated/α-hetero) is 1. The molecule has 0 atom stereocenters. The van der Waals surface area contributed by atoms with Crippen LogP contribution in [-0.4, -0.2) is 28.8 Å². The van der Waals surface area contributed by atoms with E-state index in [0.717, 1.165) is 5.56 Å². The summed E-state index contributed by atoms with van der Waals surface area (Å²) in [6.45, 7) is 1.26. The van der Waals surface area contributed by atoms with Gasteiger partial charge >= 0.3 is 6.18 Å². The molecular formula is C29H23F3N4O2. The number of hydrogen-bond acceptors (Lipinski definition) is 6. The van der Waals surface area contributed by atoms with Crippen molar-refractivity contribution in [3.8, 4) is 17.5 Å². The van der Waals surface area contributed by atoms with Crippen molar-refractivity contribution < 1.29 is 22.4 Å². The number of carbonyl (C=O) groups excluding carboxylic acids is 1. The second kappa shape index (κ2) is 10.1. The van der Waals surface area contributed by atoms with Gasteiger partial charge < -0.3 is 9.32 Å². The van der Waals surface area contributed by atoms with E-state index >= 15 is 0 Å². The van der Waals surface area contributed by atoms with E-state index in [4.69, 9.17) is 4.42 Å². The highest BCUT2D eigenvalue weighted by Gasteiger charge is 2.42. The van der Waals surface area contributed by atoms with Crippen molar-refractivity contribution in [1.82, 2.24) is 9.97 Å². The number of hydrogen-bond donors (Lipinski definition) is 0. The van der Waals surface area contributed by atoms with Crippen molar-refractivity contribution >= 4 is 11.6 Å². The molecule has 6 nitrogen and oxygen atoms in total. The van der Waals surface area contributed by atoms with Crippen LogP contribution in [0.3, 0.4) is 0 Å². The molecule has 0 radical (unpaired) electrons. The Morgan fingerprint density at radius 3 is 2.24 bits per heavy atom. The van der Waals surface area contributed by atoms with Crippen LogP contribution in [0.2, 0.25) is 0 Å². The monoisotopic (exact) mass is 516 g/mol. The first-order valence-electron chi connectivity index (χ1n) is 12.1. The van der Waals surface area contributed by atoms with Crippen LogP contribution in [0.15, 0.2) is 83.4 Å². The Kier molecular flexibility index (Phi) is 6.72. The number of carbonyl (C=O) groups is 1. The van der Waals surface area contributed by atoms with E-state index < -0.39 is 28.8 Å². The van der Waals surface area contributed by atoms with Gasteiger partial charge in [0.25, 0.3) is 0 Å². The molecule has 1 aliphatic heterocycles. The smallest absolute Gasteiger partial charge is 0.431 e. The third-order valence-electron chi connectivity index (χ3n) is 6.82. The first-order chi connectivity index (χ1) is 18.3. The molecule has 1 fully saturated rings. The number of aromatic nitrogens is 2. The van der Waals surface area contributed by atoms with Crippen LogP contribution in [-0.2, 0) is 18.0 Å². The maximum Gasteiger partial charge on any atom is 0.452 e. The second-order valence-corrected chi connectivity index (χ2v) is 9.23. The topological polar surface area (TPSA) is 83.0 Å². The maximum absolute atomic E-state index is 13.6. The second-order valence-electron chi connectivity index (χ2n) is 9.23. The van der Waals surface area contributed by atoms with Crippen LogP contribution in [0.1, 0.15) is 40.2 Å². The molecule has 0 amide bonds. The molecule has 5 rings (SSSR count). The fraction of sp³-hybridized carbons (Fsp3) is 0.241. The molecule has 0 bridgehead atoms. The first-order valence-corrected chi connectivity index (χ1v) is 12.1. The van der Waals surface area contributed by atoms with Gasteiger partial charge in [-0.15, -0.1) is 0 Å². The molecule has 4 aromatic rings. The van der Waals surface area contributed by atoms with Gasteiger partial charge in [-0.2, -0.15) is 18.4 Å². The summed E-state index contributed by atoms with van der Waals surface area (Å²) in [4.78, 5) is 23.3. The Bertz CT molecular complexity index is 1450. The summed E-state index contributed by atoms with van der Waals surface area (Å²) in [5.74, 6) is -1.79. The average Bonchev–Trinajstić information content (AvgIpc) is 3.41. The van der Waals surface area contributed by atoms with Crippen molar-refractivity contribution in [2.75, 3.05) is 18.0 Å². The molecule has 1 saturated heterocycles. The summed E-state index contributed by atoms with van der Waals surface area (Å²) in [5, 5.41) is 9.90. The van der Waals surface area contributed by atoms with Crippen molar-refractivity contribution in [3.05, 3.63) is 102 Å². The fourth-order valence-corrected chi connectivity index (χ4v) is 4.72. The van der Waals surface area contributed by atoms with Gasteiger partial charge in [-0.05, 0) is 42.2 Å². The normalized spacial score (nSPS) is 15.2. The molecule has 9 heteroatoms. The molecule has 0 spiro atoms. The van der Waals surface area contributed by atoms with E-state index in [-0.39, 0.29) is 12.3 Å². The molecular weight excluding hydrogens is 493 g/mol. The highest BCUT2D eigenvalue weighted by atomic mass is 19.4. The third-order valence-corrected chi connectivity index (χ3v) is 6.82. The van der Waals surface area contributed by atoms with Crippen molar-refractivity contribution in [3.63, 3.8) is 0 Å². The van der Waals surface area contributed by atoms with E-state index in [1.165, 1.54) is 6.20 Å². The zero-order valence-electron chi connectivity index (χ0n) is 20.3. The lowest BCUT2D eigenvalue weighted by molar-refractivity contribution is -0.153. The summed E-state index contributed by atoms with van der Waals surface area (Å²) in [7, 11) is 0. The predicted octanol–water partition coefficient (Wildman–Crippen LogP) is 6.24. The standard InChI is InChI=1S/C29H23F3N4O2/c30-29(31,32)26-25(35-27(38-26)21-7-3-1-4-8-21)23(37)17-20-11-12-24(34-18-20)36-15-13-28(19-33,14-16-36)22-9-5-2-6-10-22/h1-12,18H,13-17H2. The number of nitriles is 1. The van der Waals surface area contributed by atoms with Crippen LogP contribution >= 0.6 is 0 Å². The summed E-state index contributed by atoms with van der Waals surface area (Å²) < 4.78 is 45.8. The third kappa shape index (κ3) is 5.02. The van der Waals surface area contributed by atoms with Gasteiger partial charge in [0.05, 0.1) is 11.5 Å². The molecule has 3 heterocycles. The number of benzene rings is 2. The maximum atomic E-state index is 13.6. The van der Waals surface area contributed by atoms with Crippen LogP contribution in [0, 0.1) is 11.3 Å². The van der Waals surface area contributed by atoms with Crippen LogP contribution in [0.4, 0.5) is 19.0 Å². The van der Waals surface area contributed by atoms with E-state index in [1.54, 1.807) is 42.5 Å². The van der Waals surface area contributed by atoms with Gasteiger partial charge in [0, 0.05) is 31.3 Å². The lowest BCUT2D eigenvalue weighted by Gasteiger charge is -2.38. The Morgan fingerprint density at radius 2 is 1.66 bits per heavy atom. The van der Waals surface area contributed by atoms with E-state index in [9.17, 15) is 23.2 Å². The predicted molar refractivity (Wildman–Crippen MR) is 134 cm³/mol. The summed E-state index contributed by atoms with van der Waals surface area (Å²) in [5.41, 5.74) is 0.521. The van der Waals surface area contributed by atoms with Crippen LogP contribution in [0.5, 0.6) is 0 Å². The Labute approximate surface area is 217 Å². The molecule has 0 N–H and O–H groups in total. The van der Waals surface area contributed by atoms with Gasteiger partial charge in [0.2, 0.25) is 11.7 Å². The van der Waals surface area contributed by atoms with Gasteiger partial charge in [0.1, 0.15) is 5.82 Å². The number of anilines is 1. The van der Waals surface area contributed by atoms with Gasteiger partial charge in [-0.25, -0.2) is 9.97 Å². The van der Waals surface area contributed by atoms with Gasteiger partial charge in [0.15, 0.2) is 11.5 Å². The number of rotatable bonds is 6. The Balaban J connectivity index is 1.29. The molecule has 192 valence electrons. The quantitative estimate of drug-likeness (QED) is 0.282. The van der Waals surface area contributed by atoms with E-state index in [1.807, 2.05) is 30.3 Å². The van der Waals surface area contributed by atoms with Crippen molar-refractivity contribution in [1.29, 1.82) is 5.26 Å². The number of alkyl halides is 3. The Hall–Kier alpha value is -4.45. The number of piperidine rings is 1. The molecule has 0 saturated carbocycles. The molecule has 2 aromatic carbocycles. The van der Waals surface area contributed by atoms with Crippen LogP contribution < -0.4 is 4.90 Å². The number of halogens is 3. The Morgan fingerprint density at radius 1 is 1.00 bits per heavy atom. The van der Waals surface area contributed by atoms with Crippen molar-refractivity contribution in [2.45, 2.75) is 30.9 Å². The molecule has 0 aliphatic carbocycles. The minimum Gasteiger partial charge on any atom is -0.431 e. The minimum absolute atomic E-state index is 0.260.